The number of amides is 1. The summed E-state index contributed by atoms with van der Waals surface area (Å²) < 4.78 is 28.8. The van der Waals surface area contributed by atoms with Gasteiger partial charge in [0.25, 0.3) is 0 Å². The lowest BCUT2D eigenvalue weighted by Gasteiger charge is -2.33. The van der Waals surface area contributed by atoms with Crippen LogP contribution in [0.5, 0.6) is 11.5 Å². The third kappa shape index (κ3) is 9.79. The van der Waals surface area contributed by atoms with Gasteiger partial charge in [-0.05, 0) is 68.3 Å². The molecule has 1 heterocycles. The Bertz CT molecular complexity index is 1280. The van der Waals surface area contributed by atoms with E-state index >= 15 is 0 Å². The third-order valence-electron chi connectivity index (χ3n) is 7.84. The molecule has 0 aliphatic carbocycles. The van der Waals surface area contributed by atoms with Gasteiger partial charge in [0.05, 0.1) is 52.7 Å². The summed E-state index contributed by atoms with van der Waals surface area (Å²) in [7, 11) is 3.29. The SMILES string of the molecule is COCCC(=O)N(c1cccc(COC2CNCCC2c2ccc(OCCCOCc3ccccc3OC)cc2)c1)C(C)C. The highest BCUT2D eigenvalue weighted by Crippen LogP contribution is 2.30. The zero-order chi connectivity index (χ0) is 31.1. The van der Waals surface area contributed by atoms with E-state index in [4.69, 9.17) is 23.7 Å². The fraction of sp³-hybridized carbons (Fsp3) is 0.472. The maximum Gasteiger partial charge on any atom is 0.229 e. The molecular formula is C36H48N2O6. The second kappa shape index (κ2) is 17.8. The summed E-state index contributed by atoms with van der Waals surface area (Å²) in [6.07, 6.45) is 2.21. The molecular weight excluding hydrogens is 556 g/mol. The lowest BCUT2D eigenvalue weighted by Crippen LogP contribution is -2.41. The number of benzene rings is 3. The molecule has 0 aromatic heterocycles. The number of hydrogen-bond donors (Lipinski definition) is 1. The first-order valence-electron chi connectivity index (χ1n) is 15.6. The number of methoxy groups -OCH3 is 2. The van der Waals surface area contributed by atoms with Crippen LogP contribution in [-0.2, 0) is 32.2 Å². The first kappa shape index (κ1) is 33.5. The number of hydrogen-bond acceptors (Lipinski definition) is 7. The summed E-state index contributed by atoms with van der Waals surface area (Å²) in [4.78, 5) is 14.7. The van der Waals surface area contributed by atoms with Gasteiger partial charge < -0.3 is 33.9 Å². The van der Waals surface area contributed by atoms with Gasteiger partial charge in [-0.15, -0.1) is 0 Å². The van der Waals surface area contributed by atoms with Crippen LogP contribution in [0.4, 0.5) is 5.69 Å². The van der Waals surface area contributed by atoms with Crippen molar-refractivity contribution in [3.63, 3.8) is 0 Å². The van der Waals surface area contributed by atoms with Crippen molar-refractivity contribution in [3.05, 3.63) is 89.5 Å². The normalized spacial score (nSPS) is 16.6. The zero-order valence-corrected chi connectivity index (χ0v) is 26.6. The van der Waals surface area contributed by atoms with Crippen LogP contribution in [0.25, 0.3) is 0 Å². The Labute approximate surface area is 262 Å². The van der Waals surface area contributed by atoms with Crippen molar-refractivity contribution in [1.82, 2.24) is 5.32 Å². The van der Waals surface area contributed by atoms with Crippen LogP contribution in [-0.4, -0.2) is 65.2 Å². The molecule has 1 fully saturated rings. The van der Waals surface area contributed by atoms with Crippen LogP contribution < -0.4 is 19.7 Å². The van der Waals surface area contributed by atoms with Crippen molar-refractivity contribution >= 4 is 11.6 Å². The highest BCUT2D eigenvalue weighted by Gasteiger charge is 2.27. The largest absolute Gasteiger partial charge is 0.496 e. The number of nitrogens with zero attached hydrogens (tertiary/aromatic N) is 1. The zero-order valence-electron chi connectivity index (χ0n) is 26.6. The van der Waals surface area contributed by atoms with E-state index in [2.05, 4.69) is 41.7 Å². The maximum absolute atomic E-state index is 12.8. The van der Waals surface area contributed by atoms with Gasteiger partial charge >= 0.3 is 0 Å². The molecule has 0 bridgehead atoms. The van der Waals surface area contributed by atoms with E-state index < -0.39 is 0 Å². The minimum atomic E-state index is 0.0455. The molecule has 44 heavy (non-hydrogen) atoms. The number of para-hydroxylation sites is 1. The molecule has 3 aromatic carbocycles. The highest BCUT2D eigenvalue weighted by atomic mass is 16.5. The van der Waals surface area contributed by atoms with E-state index in [0.29, 0.717) is 45.4 Å². The molecule has 2 unspecified atom stereocenters. The van der Waals surface area contributed by atoms with Crippen molar-refractivity contribution < 1.29 is 28.5 Å². The van der Waals surface area contributed by atoms with Gasteiger partial charge in [-0.2, -0.15) is 0 Å². The van der Waals surface area contributed by atoms with E-state index in [9.17, 15) is 4.79 Å². The minimum Gasteiger partial charge on any atom is -0.496 e. The van der Waals surface area contributed by atoms with Crippen molar-refractivity contribution in [3.8, 4) is 11.5 Å². The highest BCUT2D eigenvalue weighted by molar-refractivity contribution is 5.94. The molecule has 2 atom stereocenters. The van der Waals surface area contributed by atoms with Crippen molar-refractivity contribution in [1.29, 1.82) is 0 Å². The molecule has 8 nitrogen and oxygen atoms in total. The summed E-state index contributed by atoms with van der Waals surface area (Å²) >= 11 is 0. The van der Waals surface area contributed by atoms with Gasteiger partial charge in [0.2, 0.25) is 5.91 Å². The van der Waals surface area contributed by atoms with Crippen LogP contribution in [0.1, 0.15) is 55.7 Å². The van der Waals surface area contributed by atoms with Gasteiger partial charge in [0.15, 0.2) is 0 Å². The lowest BCUT2D eigenvalue weighted by atomic mass is 9.87. The molecule has 238 valence electrons. The molecule has 1 N–H and O–H groups in total. The summed E-state index contributed by atoms with van der Waals surface area (Å²) in [5.41, 5.74) is 4.24. The van der Waals surface area contributed by atoms with Gasteiger partial charge in [0, 0.05) is 43.3 Å². The smallest absolute Gasteiger partial charge is 0.229 e. The van der Waals surface area contributed by atoms with E-state index in [0.717, 1.165) is 54.2 Å². The fourth-order valence-electron chi connectivity index (χ4n) is 5.59. The molecule has 3 aromatic rings. The Balaban J connectivity index is 1.26. The number of nitrogens with one attached hydrogen (secondary N) is 1. The Morgan fingerprint density at radius 2 is 1.77 bits per heavy atom. The topological polar surface area (TPSA) is 78.5 Å². The molecule has 8 heteroatoms. The van der Waals surface area contributed by atoms with Crippen LogP contribution in [0.15, 0.2) is 72.8 Å². The quantitative estimate of drug-likeness (QED) is 0.186. The van der Waals surface area contributed by atoms with Gasteiger partial charge in [-0.1, -0.05) is 42.5 Å². The fourth-order valence-corrected chi connectivity index (χ4v) is 5.59. The molecule has 1 aliphatic rings. The lowest BCUT2D eigenvalue weighted by molar-refractivity contribution is -0.119. The Morgan fingerprint density at radius 1 is 0.955 bits per heavy atom. The monoisotopic (exact) mass is 604 g/mol. The first-order valence-corrected chi connectivity index (χ1v) is 15.6. The van der Waals surface area contributed by atoms with Gasteiger partial charge in [0.1, 0.15) is 11.5 Å². The summed E-state index contributed by atoms with van der Waals surface area (Å²) in [5, 5.41) is 3.49. The number of anilines is 1. The average Bonchev–Trinajstić information content (AvgIpc) is 3.05. The van der Waals surface area contributed by atoms with Crippen LogP contribution in [0.2, 0.25) is 0 Å². The van der Waals surface area contributed by atoms with Gasteiger partial charge in [-0.25, -0.2) is 0 Å². The van der Waals surface area contributed by atoms with Crippen molar-refractivity contribution in [2.24, 2.45) is 0 Å². The first-order chi connectivity index (χ1) is 21.5. The standard InChI is InChI=1S/C36H48N2O6/c1-27(2)38(36(39)18-22-40-3)31-11-7-9-28(23-31)25-44-35-24-37-19-17-33(35)29-13-15-32(16-14-29)43-21-8-20-42-26-30-10-5-6-12-34(30)41-4/h5-7,9-16,23,27,33,35,37H,8,17-22,24-26H2,1-4H3. The summed E-state index contributed by atoms with van der Waals surface area (Å²) in [6, 6.07) is 24.5. The number of ether oxygens (including phenoxy) is 5. The third-order valence-corrected chi connectivity index (χ3v) is 7.84. The second-order valence-corrected chi connectivity index (χ2v) is 11.4. The summed E-state index contributed by atoms with van der Waals surface area (Å²) in [5.74, 6) is 2.05. The Kier molecular flexibility index (Phi) is 13.5. The summed E-state index contributed by atoms with van der Waals surface area (Å²) in [6.45, 7) is 8.44. The molecule has 0 saturated carbocycles. The number of carbonyl (C=O) groups excluding carboxylic acids is 1. The molecule has 1 aliphatic heterocycles. The molecule has 0 spiro atoms. The predicted octanol–water partition coefficient (Wildman–Crippen LogP) is 6.12. The second-order valence-electron chi connectivity index (χ2n) is 11.4. The number of piperidine rings is 1. The van der Waals surface area contributed by atoms with E-state index in [1.165, 1.54) is 5.56 Å². The molecule has 1 saturated heterocycles. The minimum absolute atomic E-state index is 0.0455. The van der Waals surface area contributed by atoms with Crippen LogP contribution >= 0.6 is 0 Å². The molecule has 0 radical (unpaired) electrons. The van der Waals surface area contributed by atoms with Crippen molar-refractivity contribution in [2.45, 2.75) is 64.4 Å². The Hall–Kier alpha value is -3.43. The van der Waals surface area contributed by atoms with E-state index in [1.807, 2.05) is 55.1 Å². The van der Waals surface area contributed by atoms with Crippen LogP contribution in [0, 0.1) is 0 Å². The molecule has 1 amide bonds. The Morgan fingerprint density at radius 3 is 2.55 bits per heavy atom. The van der Waals surface area contributed by atoms with E-state index in [-0.39, 0.29) is 18.1 Å². The maximum atomic E-state index is 12.8. The van der Waals surface area contributed by atoms with Gasteiger partial charge in [-0.3, -0.25) is 4.79 Å². The van der Waals surface area contributed by atoms with E-state index in [1.54, 1.807) is 14.2 Å². The average molecular weight is 605 g/mol. The number of carbonyl (C=O) groups is 1. The van der Waals surface area contributed by atoms with Crippen molar-refractivity contribution in [2.75, 3.05) is 52.0 Å². The van der Waals surface area contributed by atoms with Crippen LogP contribution in [0.3, 0.4) is 0 Å². The molecule has 4 rings (SSSR count). The predicted molar refractivity (Wildman–Crippen MR) is 174 cm³/mol. The number of rotatable bonds is 17.